The third-order valence-electron chi connectivity index (χ3n) is 3.70. The maximum atomic E-state index is 13.1. The van der Waals surface area contributed by atoms with E-state index in [1.54, 1.807) is 7.05 Å². The molecule has 1 N–H and O–H groups in total. The smallest absolute Gasteiger partial charge is 0.251 e. The van der Waals surface area contributed by atoms with Crippen molar-refractivity contribution in [3.8, 4) is 0 Å². The van der Waals surface area contributed by atoms with Crippen molar-refractivity contribution in [2.45, 2.75) is 25.4 Å². The molecule has 0 aliphatic carbocycles. The number of amides is 2. The Balaban J connectivity index is 1.81. The zero-order chi connectivity index (χ0) is 16.8. The van der Waals surface area contributed by atoms with Crippen LogP contribution in [0.15, 0.2) is 18.2 Å². The van der Waals surface area contributed by atoms with Gasteiger partial charge in [0.25, 0.3) is 5.91 Å². The lowest BCUT2D eigenvalue weighted by Gasteiger charge is -2.27. The monoisotopic (exact) mass is 326 g/mol. The van der Waals surface area contributed by atoms with Crippen molar-refractivity contribution in [2.24, 2.45) is 0 Å². The second-order valence-corrected chi connectivity index (χ2v) is 5.60. The number of likely N-dealkylation sites (N-methyl/N-ethyl adjacent to an activating group) is 1. The average Bonchev–Trinajstić information content (AvgIpc) is 2.52. The molecule has 0 saturated carbocycles. The molecular weight excluding hydrogens is 306 g/mol. The van der Waals surface area contributed by atoms with Gasteiger partial charge < -0.3 is 15.0 Å². The molecule has 2 rings (SSSR count). The summed E-state index contributed by atoms with van der Waals surface area (Å²) in [6.45, 7) is 0.929. The Morgan fingerprint density at radius 3 is 2.57 bits per heavy atom. The van der Waals surface area contributed by atoms with E-state index in [0.29, 0.717) is 19.2 Å². The zero-order valence-electron chi connectivity index (χ0n) is 13.0. The van der Waals surface area contributed by atoms with Crippen LogP contribution in [0.5, 0.6) is 0 Å². The van der Waals surface area contributed by atoms with Crippen molar-refractivity contribution in [1.29, 1.82) is 0 Å². The maximum Gasteiger partial charge on any atom is 0.251 e. The Labute approximate surface area is 133 Å². The Morgan fingerprint density at radius 1 is 1.26 bits per heavy atom. The molecule has 1 aliphatic heterocycles. The Hall–Kier alpha value is -2.02. The number of nitrogens with one attached hydrogen (secondary N) is 1. The highest BCUT2D eigenvalue weighted by molar-refractivity contribution is 5.96. The van der Waals surface area contributed by atoms with Crippen LogP contribution in [0.25, 0.3) is 0 Å². The molecule has 5 nitrogen and oxygen atoms in total. The number of carbonyl (C=O) groups excluding carboxylic acids is 2. The standard InChI is InChI=1S/C16H20F2N2O3/c1-20(10-14-4-2-3-5-23-14)15(21)9-19-16(22)11-6-12(17)8-13(18)7-11/h6-8,14H,2-5,9-10H2,1H3,(H,19,22)/t14-/m0/s1. The van der Waals surface area contributed by atoms with Crippen molar-refractivity contribution < 1.29 is 23.1 Å². The van der Waals surface area contributed by atoms with Crippen molar-refractivity contribution in [3.05, 3.63) is 35.4 Å². The van der Waals surface area contributed by atoms with E-state index in [9.17, 15) is 18.4 Å². The minimum Gasteiger partial charge on any atom is -0.376 e. The summed E-state index contributed by atoms with van der Waals surface area (Å²) < 4.78 is 31.7. The molecule has 0 spiro atoms. The molecular formula is C16H20F2N2O3. The van der Waals surface area contributed by atoms with Gasteiger partial charge in [0.15, 0.2) is 0 Å². The molecule has 1 aliphatic rings. The number of ether oxygens (including phenoxy) is 1. The first-order chi connectivity index (χ1) is 11.0. The van der Waals surface area contributed by atoms with Crippen LogP contribution in [0, 0.1) is 11.6 Å². The molecule has 2 amide bonds. The molecule has 0 aromatic heterocycles. The Kier molecular flexibility index (Phi) is 6.04. The summed E-state index contributed by atoms with van der Waals surface area (Å²) in [5.41, 5.74) is -0.159. The molecule has 7 heteroatoms. The normalized spacial score (nSPS) is 17.6. The average molecular weight is 326 g/mol. The van der Waals surface area contributed by atoms with Gasteiger partial charge in [0.05, 0.1) is 12.6 Å². The molecule has 1 fully saturated rings. The fourth-order valence-corrected chi connectivity index (χ4v) is 2.44. The molecule has 23 heavy (non-hydrogen) atoms. The molecule has 1 saturated heterocycles. The molecule has 1 aromatic rings. The fraction of sp³-hybridized carbons (Fsp3) is 0.500. The van der Waals surface area contributed by atoms with Gasteiger partial charge in [0.2, 0.25) is 5.91 Å². The molecule has 1 heterocycles. The van der Waals surface area contributed by atoms with Crippen LogP contribution in [-0.2, 0) is 9.53 Å². The number of rotatable bonds is 5. The predicted octanol–water partition coefficient (Wildman–Crippen LogP) is 1.72. The second-order valence-electron chi connectivity index (χ2n) is 5.60. The largest absolute Gasteiger partial charge is 0.376 e. The first kappa shape index (κ1) is 17.3. The first-order valence-corrected chi connectivity index (χ1v) is 7.55. The van der Waals surface area contributed by atoms with Gasteiger partial charge in [-0.1, -0.05) is 0 Å². The number of nitrogens with zero attached hydrogens (tertiary/aromatic N) is 1. The molecule has 1 atom stereocenters. The van der Waals surface area contributed by atoms with E-state index in [2.05, 4.69) is 5.32 Å². The van der Waals surface area contributed by atoms with Gasteiger partial charge in [-0.2, -0.15) is 0 Å². The van der Waals surface area contributed by atoms with Crippen LogP contribution < -0.4 is 5.32 Å². The van der Waals surface area contributed by atoms with Crippen LogP contribution in [-0.4, -0.2) is 49.6 Å². The lowest BCUT2D eigenvalue weighted by Crippen LogP contribution is -2.42. The Morgan fingerprint density at radius 2 is 1.96 bits per heavy atom. The summed E-state index contributed by atoms with van der Waals surface area (Å²) in [7, 11) is 1.63. The van der Waals surface area contributed by atoms with Crippen molar-refractivity contribution in [1.82, 2.24) is 10.2 Å². The SMILES string of the molecule is CN(C[C@@H]1CCCCO1)C(=O)CNC(=O)c1cc(F)cc(F)c1. The summed E-state index contributed by atoms with van der Waals surface area (Å²) in [5, 5.41) is 2.37. The van der Waals surface area contributed by atoms with Crippen molar-refractivity contribution >= 4 is 11.8 Å². The summed E-state index contributed by atoms with van der Waals surface area (Å²) in [6, 6.07) is 2.52. The summed E-state index contributed by atoms with van der Waals surface area (Å²) in [4.78, 5) is 25.3. The molecule has 1 aromatic carbocycles. The highest BCUT2D eigenvalue weighted by Crippen LogP contribution is 2.13. The fourth-order valence-electron chi connectivity index (χ4n) is 2.44. The van der Waals surface area contributed by atoms with Gasteiger partial charge in [-0.25, -0.2) is 8.78 Å². The number of carbonyl (C=O) groups is 2. The van der Waals surface area contributed by atoms with Gasteiger partial charge in [-0.15, -0.1) is 0 Å². The quantitative estimate of drug-likeness (QED) is 0.896. The summed E-state index contributed by atoms with van der Waals surface area (Å²) in [6.07, 6.45) is 3.04. The van der Waals surface area contributed by atoms with E-state index in [1.807, 2.05) is 0 Å². The Bertz CT molecular complexity index is 554. The number of hydrogen-bond donors (Lipinski definition) is 1. The number of hydrogen-bond acceptors (Lipinski definition) is 3. The van der Waals surface area contributed by atoms with Crippen LogP contribution in [0.3, 0.4) is 0 Å². The molecule has 0 unspecified atom stereocenters. The van der Waals surface area contributed by atoms with Crippen LogP contribution >= 0.6 is 0 Å². The van der Waals surface area contributed by atoms with E-state index in [1.165, 1.54) is 4.90 Å². The molecule has 0 bridgehead atoms. The lowest BCUT2D eigenvalue weighted by atomic mass is 10.1. The van der Waals surface area contributed by atoms with Crippen LogP contribution in [0.4, 0.5) is 8.78 Å². The van der Waals surface area contributed by atoms with Gasteiger partial charge in [-0.3, -0.25) is 9.59 Å². The first-order valence-electron chi connectivity index (χ1n) is 7.55. The lowest BCUT2D eigenvalue weighted by molar-refractivity contribution is -0.131. The van der Waals surface area contributed by atoms with E-state index in [4.69, 9.17) is 4.74 Å². The van der Waals surface area contributed by atoms with Crippen LogP contribution in [0.1, 0.15) is 29.6 Å². The van der Waals surface area contributed by atoms with Crippen molar-refractivity contribution in [3.63, 3.8) is 0 Å². The zero-order valence-corrected chi connectivity index (χ0v) is 13.0. The molecule has 126 valence electrons. The van der Waals surface area contributed by atoms with E-state index in [-0.39, 0.29) is 24.1 Å². The van der Waals surface area contributed by atoms with Gasteiger partial charge >= 0.3 is 0 Å². The van der Waals surface area contributed by atoms with Gasteiger partial charge in [0.1, 0.15) is 11.6 Å². The minimum atomic E-state index is -0.840. The third kappa shape index (κ3) is 5.28. The van der Waals surface area contributed by atoms with Crippen LogP contribution in [0.2, 0.25) is 0 Å². The van der Waals surface area contributed by atoms with E-state index in [0.717, 1.165) is 31.4 Å². The topological polar surface area (TPSA) is 58.6 Å². The van der Waals surface area contributed by atoms with Crippen molar-refractivity contribution in [2.75, 3.05) is 26.7 Å². The maximum absolute atomic E-state index is 13.1. The number of benzene rings is 1. The highest BCUT2D eigenvalue weighted by atomic mass is 19.1. The third-order valence-corrected chi connectivity index (χ3v) is 3.70. The minimum absolute atomic E-state index is 0.0192. The second kappa shape index (κ2) is 8.01. The van der Waals surface area contributed by atoms with E-state index < -0.39 is 17.5 Å². The summed E-state index contributed by atoms with van der Waals surface area (Å²) in [5.74, 6) is -2.66. The predicted molar refractivity (Wildman–Crippen MR) is 79.9 cm³/mol. The summed E-state index contributed by atoms with van der Waals surface area (Å²) >= 11 is 0. The van der Waals surface area contributed by atoms with Gasteiger partial charge in [-0.05, 0) is 31.4 Å². The van der Waals surface area contributed by atoms with E-state index >= 15 is 0 Å². The highest BCUT2D eigenvalue weighted by Gasteiger charge is 2.19. The molecule has 0 radical (unpaired) electrons. The van der Waals surface area contributed by atoms with Gasteiger partial charge in [0, 0.05) is 31.8 Å². The number of halogens is 2.